The first-order valence-corrected chi connectivity index (χ1v) is 7.37. The van der Waals surface area contributed by atoms with Crippen molar-refractivity contribution in [3.05, 3.63) is 46.0 Å². The van der Waals surface area contributed by atoms with Crippen molar-refractivity contribution >= 4 is 35.0 Å². The van der Waals surface area contributed by atoms with Gasteiger partial charge in [-0.25, -0.2) is 4.79 Å². The highest BCUT2D eigenvalue weighted by molar-refractivity contribution is 6.33. The number of pyridine rings is 1. The lowest BCUT2D eigenvalue weighted by atomic mass is 10.1. The Balaban J connectivity index is 2.14. The van der Waals surface area contributed by atoms with Crippen LogP contribution in [-0.2, 0) is 11.3 Å². The molecule has 0 fully saturated rings. The van der Waals surface area contributed by atoms with E-state index in [2.05, 4.69) is 4.98 Å². The number of ether oxygens (including phenoxy) is 2. The van der Waals surface area contributed by atoms with Crippen LogP contribution in [0.3, 0.4) is 0 Å². The van der Waals surface area contributed by atoms with Crippen molar-refractivity contribution in [2.75, 3.05) is 24.9 Å². The Kier molecular flexibility index (Phi) is 4.02. The van der Waals surface area contributed by atoms with Crippen molar-refractivity contribution in [2.24, 2.45) is 0 Å². The van der Waals surface area contributed by atoms with Crippen molar-refractivity contribution in [1.29, 1.82) is 0 Å². The number of amides is 1. The molecule has 0 saturated heterocycles. The minimum Gasteiger partial charge on any atom is -0.481 e. The molecule has 2 heterocycles. The first-order valence-electron chi connectivity index (χ1n) is 7.00. The van der Waals surface area contributed by atoms with Gasteiger partial charge in [0.05, 0.1) is 26.3 Å². The summed E-state index contributed by atoms with van der Waals surface area (Å²) in [5.41, 5.74) is 7.30. The molecule has 24 heavy (non-hydrogen) atoms. The molecule has 0 bridgehead atoms. The molecule has 3 rings (SSSR count). The van der Waals surface area contributed by atoms with Crippen molar-refractivity contribution in [3.8, 4) is 5.88 Å². The quantitative estimate of drug-likeness (QED) is 0.676. The number of methoxy groups -OCH3 is 2. The Morgan fingerprint density at radius 3 is 2.67 bits per heavy atom. The highest BCUT2D eigenvalue weighted by Crippen LogP contribution is 2.37. The van der Waals surface area contributed by atoms with Gasteiger partial charge in [-0.15, -0.1) is 0 Å². The van der Waals surface area contributed by atoms with Gasteiger partial charge in [0.15, 0.2) is 5.82 Å². The zero-order valence-electron chi connectivity index (χ0n) is 13.0. The summed E-state index contributed by atoms with van der Waals surface area (Å²) < 4.78 is 9.85. The van der Waals surface area contributed by atoms with E-state index in [1.54, 1.807) is 12.1 Å². The van der Waals surface area contributed by atoms with Gasteiger partial charge in [-0.3, -0.25) is 9.69 Å². The normalized spacial score (nSPS) is 13.0. The van der Waals surface area contributed by atoms with Crippen LogP contribution in [0.15, 0.2) is 24.3 Å². The van der Waals surface area contributed by atoms with Gasteiger partial charge in [0, 0.05) is 22.3 Å². The number of benzene rings is 1. The Hall–Kier alpha value is -2.80. The molecular weight excluding hydrogens is 334 g/mol. The Bertz CT molecular complexity index is 853. The van der Waals surface area contributed by atoms with Gasteiger partial charge >= 0.3 is 5.97 Å². The number of esters is 1. The van der Waals surface area contributed by atoms with Crippen LogP contribution in [-0.4, -0.2) is 31.1 Å². The molecule has 124 valence electrons. The van der Waals surface area contributed by atoms with E-state index < -0.39 is 5.97 Å². The molecule has 2 aromatic rings. The first kappa shape index (κ1) is 16.1. The Labute approximate surface area is 142 Å². The predicted octanol–water partition coefficient (Wildman–Crippen LogP) is 2.27. The van der Waals surface area contributed by atoms with Crippen LogP contribution in [0.4, 0.5) is 11.5 Å². The molecule has 2 N–H and O–H groups in total. The number of nitrogens with zero attached hydrogens (tertiary/aromatic N) is 2. The summed E-state index contributed by atoms with van der Waals surface area (Å²) in [6.45, 7) is 0.155. The van der Waals surface area contributed by atoms with E-state index in [0.717, 1.165) is 0 Å². The maximum absolute atomic E-state index is 12.8. The number of carbonyl (C=O) groups excluding carboxylic acids is 2. The smallest absolute Gasteiger partial charge is 0.341 e. The first-order chi connectivity index (χ1) is 11.5. The van der Waals surface area contributed by atoms with Crippen LogP contribution < -0.4 is 15.4 Å². The monoisotopic (exact) mass is 347 g/mol. The topological polar surface area (TPSA) is 94.8 Å². The van der Waals surface area contributed by atoms with Gasteiger partial charge in [0.1, 0.15) is 5.56 Å². The molecule has 1 aromatic heterocycles. The molecule has 0 spiro atoms. The van der Waals surface area contributed by atoms with Gasteiger partial charge in [-0.05, 0) is 18.2 Å². The largest absolute Gasteiger partial charge is 0.481 e. The highest BCUT2D eigenvalue weighted by Gasteiger charge is 2.35. The van der Waals surface area contributed by atoms with Crippen LogP contribution in [0, 0.1) is 0 Å². The number of anilines is 2. The van der Waals surface area contributed by atoms with Gasteiger partial charge in [0.2, 0.25) is 5.88 Å². The van der Waals surface area contributed by atoms with Crippen LogP contribution in [0.2, 0.25) is 5.02 Å². The second-order valence-corrected chi connectivity index (χ2v) is 5.51. The number of carbonyl (C=O) groups is 2. The van der Waals surface area contributed by atoms with E-state index >= 15 is 0 Å². The van der Waals surface area contributed by atoms with Crippen molar-refractivity contribution in [3.63, 3.8) is 0 Å². The van der Waals surface area contributed by atoms with Crippen LogP contribution in [0.25, 0.3) is 0 Å². The zero-order chi connectivity index (χ0) is 17.4. The summed E-state index contributed by atoms with van der Waals surface area (Å²) in [6, 6.07) is 6.22. The third-order valence-electron chi connectivity index (χ3n) is 3.78. The number of hydrogen-bond acceptors (Lipinski definition) is 6. The number of halogens is 1. The van der Waals surface area contributed by atoms with Crippen LogP contribution >= 0.6 is 11.6 Å². The predicted molar refractivity (Wildman–Crippen MR) is 88.5 cm³/mol. The lowest BCUT2D eigenvalue weighted by Crippen LogP contribution is -2.27. The second kappa shape index (κ2) is 6.01. The van der Waals surface area contributed by atoms with Crippen molar-refractivity contribution in [2.45, 2.75) is 6.54 Å². The average molecular weight is 348 g/mol. The maximum Gasteiger partial charge on any atom is 0.341 e. The molecule has 1 amide bonds. The molecule has 8 heteroatoms. The number of aromatic nitrogens is 1. The molecule has 0 aliphatic carbocycles. The number of nitrogens with two attached hydrogens (primary N) is 1. The van der Waals surface area contributed by atoms with Gasteiger partial charge in [-0.1, -0.05) is 11.6 Å². The Morgan fingerprint density at radius 1 is 1.29 bits per heavy atom. The standard InChI is InChI=1S/C16H14ClN3O4/c1-23-12-6-3-8(16(22)24-2)14(19-12)20-7-9-10(17)4-5-11(18)13(9)15(20)21/h3-6H,7,18H2,1-2H3. The summed E-state index contributed by atoms with van der Waals surface area (Å²) in [7, 11) is 2.70. The van der Waals surface area contributed by atoms with Crippen LogP contribution in [0.1, 0.15) is 26.3 Å². The fourth-order valence-corrected chi connectivity index (χ4v) is 2.82. The van der Waals surface area contributed by atoms with Gasteiger partial charge < -0.3 is 15.2 Å². The SMILES string of the molecule is COC(=O)c1ccc(OC)nc1N1Cc2c(Cl)ccc(N)c2C1=O. The lowest BCUT2D eigenvalue weighted by molar-refractivity contribution is 0.0601. The molecule has 0 atom stereocenters. The number of fused-ring (bicyclic) bond motifs is 1. The van der Waals surface area contributed by atoms with Crippen molar-refractivity contribution in [1.82, 2.24) is 4.98 Å². The molecule has 1 aliphatic rings. The summed E-state index contributed by atoms with van der Waals surface area (Å²) >= 11 is 6.18. The van der Waals surface area contributed by atoms with Crippen LogP contribution in [0.5, 0.6) is 5.88 Å². The number of hydrogen-bond donors (Lipinski definition) is 1. The Morgan fingerprint density at radius 2 is 2.04 bits per heavy atom. The van der Waals surface area contributed by atoms with E-state index in [1.807, 2.05) is 0 Å². The molecule has 1 aliphatic heterocycles. The molecular formula is C16H14ClN3O4. The van der Waals surface area contributed by atoms with E-state index in [9.17, 15) is 9.59 Å². The lowest BCUT2D eigenvalue weighted by Gasteiger charge is -2.18. The molecule has 7 nitrogen and oxygen atoms in total. The van der Waals surface area contributed by atoms with E-state index in [-0.39, 0.29) is 29.7 Å². The molecule has 1 aromatic carbocycles. The summed E-state index contributed by atoms with van der Waals surface area (Å²) in [4.78, 5) is 30.4. The number of rotatable bonds is 3. The van der Waals surface area contributed by atoms with E-state index in [0.29, 0.717) is 21.8 Å². The summed E-state index contributed by atoms with van der Waals surface area (Å²) in [5, 5.41) is 0.428. The fraction of sp³-hybridized carbons (Fsp3) is 0.188. The third kappa shape index (κ3) is 2.43. The molecule has 0 saturated carbocycles. The molecule has 0 radical (unpaired) electrons. The zero-order valence-corrected chi connectivity index (χ0v) is 13.8. The van der Waals surface area contributed by atoms with E-state index in [4.69, 9.17) is 26.8 Å². The minimum atomic E-state index is -0.608. The molecule has 0 unspecified atom stereocenters. The fourth-order valence-electron chi connectivity index (χ4n) is 2.60. The summed E-state index contributed by atoms with van der Waals surface area (Å²) in [6.07, 6.45) is 0. The summed E-state index contributed by atoms with van der Waals surface area (Å²) in [5.74, 6) is -0.586. The highest BCUT2D eigenvalue weighted by atomic mass is 35.5. The van der Waals surface area contributed by atoms with Gasteiger partial charge in [-0.2, -0.15) is 4.98 Å². The third-order valence-corrected chi connectivity index (χ3v) is 4.14. The van der Waals surface area contributed by atoms with E-state index in [1.165, 1.54) is 31.3 Å². The maximum atomic E-state index is 12.8. The van der Waals surface area contributed by atoms with Crippen molar-refractivity contribution < 1.29 is 19.1 Å². The van der Waals surface area contributed by atoms with Gasteiger partial charge in [0.25, 0.3) is 5.91 Å². The average Bonchev–Trinajstić information content (AvgIpc) is 2.95. The second-order valence-electron chi connectivity index (χ2n) is 5.10. The number of nitrogen functional groups attached to an aromatic ring is 1. The minimum absolute atomic E-state index is 0.137.